The molecule has 1 aliphatic rings. The largest absolute Gasteiger partial charge is 0.351 e. The van der Waals surface area contributed by atoms with Gasteiger partial charge in [-0.05, 0) is 43.5 Å². The maximum atomic E-state index is 2.55. The predicted octanol–water partition coefficient (Wildman–Crippen LogP) is 8.91. The SMILES string of the molecule is CC(C)(C)C(c1cccc2ccccc12)N1C=CN(C(c2cccc3ccccc23)C(C)(C)C)C1. The number of rotatable bonds is 4. The Kier molecular flexibility index (Phi) is 5.87. The van der Waals surface area contributed by atoms with Crippen molar-refractivity contribution < 1.29 is 0 Å². The van der Waals surface area contributed by atoms with Gasteiger partial charge in [0.25, 0.3) is 0 Å². The molecule has 0 amide bonds. The van der Waals surface area contributed by atoms with E-state index >= 15 is 0 Å². The fourth-order valence-corrected chi connectivity index (χ4v) is 6.05. The lowest BCUT2D eigenvalue weighted by atomic mass is 9.79. The van der Waals surface area contributed by atoms with Gasteiger partial charge in [0.1, 0.15) is 0 Å². The van der Waals surface area contributed by atoms with E-state index in [-0.39, 0.29) is 22.9 Å². The lowest BCUT2D eigenvalue weighted by Gasteiger charge is -2.43. The topological polar surface area (TPSA) is 6.48 Å². The van der Waals surface area contributed by atoms with E-state index in [2.05, 4.69) is 149 Å². The highest BCUT2D eigenvalue weighted by Crippen LogP contribution is 2.46. The van der Waals surface area contributed by atoms with Gasteiger partial charge in [-0.3, -0.25) is 0 Å². The van der Waals surface area contributed by atoms with Gasteiger partial charge in [0, 0.05) is 12.4 Å². The normalized spacial score (nSPS) is 16.3. The Balaban J connectivity index is 1.55. The van der Waals surface area contributed by atoms with Gasteiger partial charge in [0.05, 0.1) is 18.8 Å². The molecule has 4 aromatic carbocycles. The number of hydrogen-bond donors (Lipinski definition) is 0. The number of fused-ring (bicyclic) bond motifs is 2. The second kappa shape index (κ2) is 8.75. The Morgan fingerprint density at radius 3 is 1.29 bits per heavy atom. The minimum absolute atomic E-state index is 0.0706. The highest BCUT2D eigenvalue weighted by Gasteiger charge is 2.38. The van der Waals surface area contributed by atoms with Crippen molar-refractivity contribution in [1.82, 2.24) is 9.80 Å². The van der Waals surface area contributed by atoms with Crippen LogP contribution in [-0.2, 0) is 0 Å². The van der Waals surface area contributed by atoms with Crippen molar-refractivity contribution in [3.8, 4) is 0 Å². The van der Waals surface area contributed by atoms with Crippen LogP contribution in [0.25, 0.3) is 21.5 Å². The number of nitrogens with zero attached hydrogens (tertiary/aromatic N) is 2. The van der Waals surface area contributed by atoms with Gasteiger partial charge in [0.15, 0.2) is 0 Å². The van der Waals surface area contributed by atoms with Crippen molar-refractivity contribution in [1.29, 1.82) is 0 Å². The summed E-state index contributed by atoms with van der Waals surface area (Å²) in [6.07, 6.45) is 4.64. The first-order valence-electron chi connectivity index (χ1n) is 12.8. The Morgan fingerprint density at radius 2 is 0.886 bits per heavy atom. The summed E-state index contributed by atoms with van der Waals surface area (Å²) in [6.45, 7) is 15.0. The van der Waals surface area contributed by atoms with E-state index in [0.29, 0.717) is 0 Å². The van der Waals surface area contributed by atoms with Crippen molar-refractivity contribution in [2.24, 2.45) is 10.8 Å². The van der Waals surface area contributed by atoms with E-state index in [0.717, 1.165) is 6.67 Å². The van der Waals surface area contributed by atoms with Gasteiger partial charge in [-0.2, -0.15) is 0 Å². The lowest BCUT2D eigenvalue weighted by Crippen LogP contribution is -2.39. The van der Waals surface area contributed by atoms with Gasteiger partial charge in [-0.25, -0.2) is 0 Å². The van der Waals surface area contributed by atoms with E-state index < -0.39 is 0 Å². The molecule has 1 heterocycles. The third kappa shape index (κ3) is 4.43. The Bertz CT molecular complexity index is 1250. The molecule has 2 atom stereocenters. The quantitative estimate of drug-likeness (QED) is 0.299. The third-order valence-corrected chi connectivity index (χ3v) is 7.32. The minimum Gasteiger partial charge on any atom is -0.351 e. The summed E-state index contributed by atoms with van der Waals surface area (Å²) >= 11 is 0. The van der Waals surface area contributed by atoms with Crippen LogP contribution in [0.3, 0.4) is 0 Å². The molecule has 180 valence electrons. The summed E-state index contributed by atoms with van der Waals surface area (Å²) in [5, 5.41) is 5.32. The van der Waals surface area contributed by atoms with Crippen molar-refractivity contribution in [2.45, 2.75) is 53.6 Å². The Hall–Kier alpha value is -3.26. The van der Waals surface area contributed by atoms with E-state index in [9.17, 15) is 0 Å². The highest BCUT2D eigenvalue weighted by atomic mass is 15.4. The second-order valence-electron chi connectivity index (χ2n) is 12.1. The van der Waals surface area contributed by atoms with Gasteiger partial charge in [-0.1, -0.05) is 126 Å². The molecule has 0 N–H and O–H groups in total. The van der Waals surface area contributed by atoms with Crippen LogP contribution in [0.5, 0.6) is 0 Å². The molecule has 0 fully saturated rings. The Labute approximate surface area is 210 Å². The first kappa shape index (κ1) is 23.5. The van der Waals surface area contributed by atoms with Crippen LogP contribution in [0, 0.1) is 10.8 Å². The van der Waals surface area contributed by atoms with E-state index in [1.165, 1.54) is 32.7 Å². The van der Waals surface area contributed by atoms with Gasteiger partial charge in [0.2, 0.25) is 0 Å². The van der Waals surface area contributed by atoms with E-state index in [1.807, 2.05) is 0 Å². The van der Waals surface area contributed by atoms with Crippen LogP contribution in [0.15, 0.2) is 97.3 Å². The Morgan fingerprint density at radius 1 is 0.514 bits per heavy atom. The molecule has 0 radical (unpaired) electrons. The molecule has 0 bridgehead atoms. The fourth-order valence-electron chi connectivity index (χ4n) is 6.05. The molecule has 0 saturated heterocycles. The monoisotopic (exact) mass is 462 g/mol. The number of hydrogen-bond acceptors (Lipinski definition) is 2. The van der Waals surface area contributed by atoms with Gasteiger partial charge < -0.3 is 9.80 Å². The van der Waals surface area contributed by atoms with Gasteiger partial charge >= 0.3 is 0 Å². The van der Waals surface area contributed by atoms with Crippen LogP contribution in [0.1, 0.15) is 64.8 Å². The molecule has 5 rings (SSSR count). The lowest BCUT2D eigenvalue weighted by molar-refractivity contribution is 0.0761. The molecule has 0 aliphatic carbocycles. The second-order valence-corrected chi connectivity index (χ2v) is 12.1. The molecular formula is C33H38N2. The van der Waals surface area contributed by atoms with Crippen LogP contribution in [-0.4, -0.2) is 16.5 Å². The molecule has 2 unspecified atom stereocenters. The van der Waals surface area contributed by atoms with E-state index in [1.54, 1.807) is 0 Å². The predicted molar refractivity (Wildman–Crippen MR) is 150 cm³/mol. The average Bonchev–Trinajstić information content (AvgIpc) is 3.26. The van der Waals surface area contributed by atoms with Crippen LogP contribution < -0.4 is 0 Å². The molecule has 0 saturated carbocycles. The maximum absolute atomic E-state index is 2.55. The van der Waals surface area contributed by atoms with Crippen LogP contribution in [0.4, 0.5) is 0 Å². The molecule has 4 aromatic rings. The average molecular weight is 463 g/mol. The zero-order chi connectivity index (χ0) is 24.8. The smallest absolute Gasteiger partial charge is 0.0906 e. The molecule has 0 spiro atoms. The summed E-state index contributed by atoms with van der Waals surface area (Å²) in [5.74, 6) is 0. The van der Waals surface area contributed by atoms with Crippen molar-refractivity contribution >= 4 is 21.5 Å². The molecule has 2 heteroatoms. The minimum atomic E-state index is 0.0706. The molecular weight excluding hydrogens is 424 g/mol. The first-order chi connectivity index (χ1) is 16.6. The summed E-state index contributed by atoms with van der Waals surface area (Å²) in [4.78, 5) is 5.09. The van der Waals surface area contributed by atoms with Crippen molar-refractivity contribution in [3.63, 3.8) is 0 Å². The van der Waals surface area contributed by atoms with Crippen molar-refractivity contribution in [3.05, 3.63) is 108 Å². The van der Waals surface area contributed by atoms with Gasteiger partial charge in [-0.15, -0.1) is 0 Å². The highest BCUT2D eigenvalue weighted by molar-refractivity contribution is 5.87. The molecule has 1 aliphatic heterocycles. The van der Waals surface area contributed by atoms with Crippen LogP contribution >= 0.6 is 0 Å². The molecule has 2 nitrogen and oxygen atoms in total. The summed E-state index contributed by atoms with van der Waals surface area (Å²) in [6, 6.07) is 31.6. The molecule has 0 aromatic heterocycles. The van der Waals surface area contributed by atoms with E-state index in [4.69, 9.17) is 0 Å². The number of benzene rings is 4. The third-order valence-electron chi connectivity index (χ3n) is 7.32. The fraction of sp³-hybridized carbons (Fsp3) is 0.333. The zero-order valence-corrected chi connectivity index (χ0v) is 22.0. The zero-order valence-electron chi connectivity index (χ0n) is 22.0. The maximum Gasteiger partial charge on any atom is 0.0906 e. The summed E-state index contributed by atoms with van der Waals surface area (Å²) in [5.41, 5.74) is 2.95. The summed E-state index contributed by atoms with van der Waals surface area (Å²) in [7, 11) is 0. The summed E-state index contributed by atoms with van der Waals surface area (Å²) < 4.78 is 0. The van der Waals surface area contributed by atoms with Crippen molar-refractivity contribution in [2.75, 3.05) is 6.67 Å². The van der Waals surface area contributed by atoms with Crippen LogP contribution in [0.2, 0.25) is 0 Å². The molecule has 35 heavy (non-hydrogen) atoms. The first-order valence-corrected chi connectivity index (χ1v) is 12.8. The standard InChI is InChI=1S/C33H38N2/c1-32(2,3)30(28-19-11-15-24-13-7-9-17-26(24)28)34-21-22-35(23-34)31(33(4,5)6)29-20-12-16-25-14-8-10-18-27(25)29/h7-22,30-31H,23H2,1-6H3.